The summed E-state index contributed by atoms with van der Waals surface area (Å²) in [7, 11) is -3.50. The lowest BCUT2D eigenvalue weighted by atomic mass is 9.95. The first-order valence-corrected chi connectivity index (χ1v) is 10.6. The average Bonchev–Trinajstić information content (AvgIpc) is 3.14. The van der Waals surface area contributed by atoms with Crippen molar-refractivity contribution >= 4 is 21.6 Å². The molecule has 2 saturated carbocycles. The molecule has 132 valence electrons. The van der Waals surface area contributed by atoms with Gasteiger partial charge in [-0.05, 0) is 55.2 Å². The summed E-state index contributed by atoms with van der Waals surface area (Å²) in [6, 6.07) is 7.57. The van der Waals surface area contributed by atoms with Gasteiger partial charge in [0.25, 0.3) is 0 Å². The van der Waals surface area contributed by atoms with Crippen molar-refractivity contribution in [1.82, 2.24) is 5.32 Å². The number of hydrogen-bond donors (Lipinski definition) is 1. The number of carbonyl (C=O) groups excluding carboxylic acids is 1. The summed E-state index contributed by atoms with van der Waals surface area (Å²) in [5, 5.41) is 3.06. The van der Waals surface area contributed by atoms with Gasteiger partial charge in [-0.2, -0.15) is 0 Å². The number of benzene rings is 1. The lowest BCUT2D eigenvalue weighted by Gasteiger charge is -2.26. The number of hydrogen-bond acceptors (Lipinski definition) is 3. The molecule has 2 aliphatic carbocycles. The molecule has 6 heteroatoms. The van der Waals surface area contributed by atoms with Crippen LogP contribution in [-0.4, -0.2) is 33.2 Å². The minimum Gasteiger partial charge on any atom is -0.352 e. The van der Waals surface area contributed by atoms with Crippen LogP contribution < -0.4 is 9.62 Å². The van der Waals surface area contributed by atoms with Crippen molar-refractivity contribution in [2.75, 3.05) is 17.1 Å². The van der Waals surface area contributed by atoms with Crippen LogP contribution in [0.25, 0.3) is 0 Å². The molecule has 3 atom stereocenters. The largest absolute Gasteiger partial charge is 0.352 e. The van der Waals surface area contributed by atoms with Crippen molar-refractivity contribution in [2.45, 2.75) is 45.1 Å². The second kappa shape index (κ2) is 6.75. The molecule has 0 aliphatic heterocycles. The number of aryl methyl sites for hydroxylation is 1. The third kappa shape index (κ3) is 3.74. The van der Waals surface area contributed by atoms with Crippen molar-refractivity contribution in [3.63, 3.8) is 0 Å². The van der Waals surface area contributed by atoms with Crippen molar-refractivity contribution < 1.29 is 13.2 Å². The number of carbonyl (C=O) groups is 1. The first-order chi connectivity index (χ1) is 11.4. The van der Waals surface area contributed by atoms with E-state index >= 15 is 0 Å². The van der Waals surface area contributed by atoms with Gasteiger partial charge in [0, 0.05) is 6.04 Å². The normalized spacial score (nSPS) is 25.7. The van der Waals surface area contributed by atoms with Gasteiger partial charge in [-0.25, -0.2) is 8.42 Å². The predicted molar refractivity (Wildman–Crippen MR) is 95.4 cm³/mol. The van der Waals surface area contributed by atoms with Gasteiger partial charge in [-0.1, -0.05) is 25.5 Å². The van der Waals surface area contributed by atoms with Crippen molar-refractivity contribution in [3.05, 3.63) is 29.8 Å². The van der Waals surface area contributed by atoms with E-state index in [0.29, 0.717) is 11.6 Å². The zero-order valence-corrected chi connectivity index (χ0v) is 15.2. The van der Waals surface area contributed by atoms with Crippen LogP contribution in [0.5, 0.6) is 0 Å². The molecule has 3 rings (SSSR count). The van der Waals surface area contributed by atoms with E-state index in [1.807, 2.05) is 19.1 Å². The average molecular weight is 350 g/mol. The topological polar surface area (TPSA) is 66.5 Å². The SMILES string of the molecule is CCc1ccc(N(CC(=O)N[C@@H]2C[C@H]3CC[C@H]2C3)S(C)(=O)=O)cc1. The summed E-state index contributed by atoms with van der Waals surface area (Å²) in [5.41, 5.74) is 1.68. The number of nitrogens with one attached hydrogen (secondary N) is 1. The lowest BCUT2D eigenvalue weighted by Crippen LogP contribution is -2.45. The first kappa shape index (κ1) is 17.3. The lowest BCUT2D eigenvalue weighted by molar-refractivity contribution is -0.120. The predicted octanol–water partition coefficient (Wildman–Crippen LogP) is 2.32. The molecule has 0 radical (unpaired) electrons. The zero-order valence-electron chi connectivity index (χ0n) is 14.4. The fourth-order valence-electron chi connectivity index (χ4n) is 4.10. The fourth-order valence-corrected chi connectivity index (χ4v) is 4.96. The summed E-state index contributed by atoms with van der Waals surface area (Å²) in [4.78, 5) is 12.4. The maximum Gasteiger partial charge on any atom is 0.241 e. The molecule has 1 amide bonds. The molecule has 1 aromatic carbocycles. The number of anilines is 1. The van der Waals surface area contributed by atoms with Crippen molar-refractivity contribution in [2.24, 2.45) is 11.8 Å². The summed E-state index contributed by atoms with van der Waals surface area (Å²) in [6.45, 7) is 1.89. The van der Waals surface area contributed by atoms with E-state index in [1.165, 1.54) is 23.6 Å². The van der Waals surface area contributed by atoms with E-state index in [2.05, 4.69) is 5.32 Å². The smallest absolute Gasteiger partial charge is 0.241 e. The molecule has 0 aromatic heterocycles. The monoisotopic (exact) mass is 350 g/mol. The molecule has 0 spiro atoms. The number of amides is 1. The Morgan fingerprint density at radius 3 is 2.42 bits per heavy atom. The molecule has 5 nitrogen and oxygen atoms in total. The van der Waals surface area contributed by atoms with Crippen LogP contribution in [0.4, 0.5) is 5.69 Å². The minimum atomic E-state index is -3.50. The van der Waals surface area contributed by atoms with Gasteiger partial charge in [0.1, 0.15) is 6.54 Å². The van der Waals surface area contributed by atoms with E-state index in [4.69, 9.17) is 0 Å². The van der Waals surface area contributed by atoms with Crippen LogP contribution in [0.2, 0.25) is 0 Å². The van der Waals surface area contributed by atoms with Gasteiger partial charge in [0.05, 0.1) is 11.9 Å². The Balaban J connectivity index is 1.68. The third-order valence-electron chi connectivity index (χ3n) is 5.40. The highest BCUT2D eigenvalue weighted by molar-refractivity contribution is 7.92. The summed E-state index contributed by atoms with van der Waals surface area (Å²) < 4.78 is 25.5. The van der Waals surface area contributed by atoms with Crippen molar-refractivity contribution in [1.29, 1.82) is 0 Å². The molecular formula is C18H26N2O3S. The van der Waals surface area contributed by atoms with Gasteiger partial charge >= 0.3 is 0 Å². The number of fused-ring (bicyclic) bond motifs is 2. The van der Waals surface area contributed by atoms with Crippen LogP contribution in [0.3, 0.4) is 0 Å². The fraction of sp³-hybridized carbons (Fsp3) is 0.611. The first-order valence-electron chi connectivity index (χ1n) is 8.73. The molecule has 0 heterocycles. The quantitative estimate of drug-likeness (QED) is 0.856. The van der Waals surface area contributed by atoms with Crippen LogP contribution in [0, 0.1) is 11.8 Å². The van der Waals surface area contributed by atoms with Crippen LogP contribution in [0.1, 0.15) is 38.2 Å². The molecule has 1 N–H and O–H groups in total. The van der Waals surface area contributed by atoms with Crippen LogP contribution in [0.15, 0.2) is 24.3 Å². The maximum atomic E-state index is 12.4. The third-order valence-corrected chi connectivity index (χ3v) is 6.55. The van der Waals surface area contributed by atoms with E-state index in [9.17, 15) is 13.2 Å². The molecule has 1 aromatic rings. The van der Waals surface area contributed by atoms with Crippen LogP contribution in [-0.2, 0) is 21.2 Å². The number of rotatable bonds is 6. The summed E-state index contributed by atoms with van der Waals surface area (Å²) >= 11 is 0. The second-order valence-corrected chi connectivity index (χ2v) is 9.05. The highest BCUT2D eigenvalue weighted by Gasteiger charge is 2.40. The second-order valence-electron chi connectivity index (χ2n) is 7.14. The van der Waals surface area contributed by atoms with E-state index < -0.39 is 10.0 Å². The Kier molecular flexibility index (Phi) is 4.85. The van der Waals surface area contributed by atoms with E-state index in [0.717, 1.165) is 30.6 Å². The highest BCUT2D eigenvalue weighted by Crippen LogP contribution is 2.44. The van der Waals surface area contributed by atoms with E-state index in [1.54, 1.807) is 12.1 Å². The molecule has 2 fully saturated rings. The Morgan fingerprint density at radius 1 is 1.21 bits per heavy atom. The van der Waals surface area contributed by atoms with E-state index in [-0.39, 0.29) is 18.5 Å². The maximum absolute atomic E-state index is 12.4. The summed E-state index contributed by atoms with van der Waals surface area (Å²) in [5.74, 6) is 1.11. The minimum absolute atomic E-state index is 0.155. The van der Waals surface area contributed by atoms with Gasteiger partial charge in [0.15, 0.2) is 0 Å². The van der Waals surface area contributed by atoms with Gasteiger partial charge in [-0.3, -0.25) is 9.10 Å². The standard InChI is InChI=1S/C18H26N2O3S/c1-3-13-5-8-16(9-6-13)20(24(2,22)23)12-18(21)19-17-11-14-4-7-15(17)10-14/h5-6,8-9,14-15,17H,3-4,7,10-12H2,1-2H3,(H,19,21)/t14-,15-,17+/m0/s1. The Bertz CT molecular complexity index is 699. The van der Waals surface area contributed by atoms with Gasteiger partial charge < -0.3 is 5.32 Å². The zero-order chi connectivity index (χ0) is 17.3. The van der Waals surface area contributed by atoms with Crippen LogP contribution >= 0.6 is 0 Å². The Hall–Kier alpha value is -1.56. The highest BCUT2D eigenvalue weighted by atomic mass is 32.2. The molecular weight excluding hydrogens is 324 g/mol. The Morgan fingerprint density at radius 2 is 1.92 bits per heavy atom. The number of nitrogens with zero attached hydrogens (tertiary/aromatic N) is 1. The van der Waals surface area contributed by atoms with Gasteiger partial charge in [0.2, 0.25) is 15.9 Å². The molecule has 0 saturated heterocycles. The molecule has 24 heavy (non-hydrogen) atoms. The molecule has 0 unspecified atom stereocenters. The molecule has 2 bridgehead atoms. The van der Waals surface area contributed by atoms with Gasteiger partial charge in [-0.15, -0.1) is 0 Å². The molecule has 2 aliphatic rings. The van der Waals surface area contributed by atoms with Crippen molar-refractivity contribution in [3.8, 4) is 0 Å². The Labute approximate surface area is 144 Å². The summed E-state index contributed by atoms with van der Waals surface area (Å²) in [6.07, 6.45) is 6.75. The number of sulfonamides is 1.